The first-order valence-electron chi connectivity index (χ1n) is 13.7. The molecule has 5 rings (SSSR count). The number of amides is 2. The van der Waals surface area contributed by atoms with Crippen molar-refractivity contribution >= 4 is 34.1 Å². The van der Waals surface area contributed by atoms with Gasteiger partial charge in [0.25, 0.3) is 11.8 Å². The molecule has 3 heterocycles. The quantitative estimate of drug-likeness (QED) is 0.318. The van der Waals surface area contributed by atoms with E-state index in [9.17, 15) is 9.59 Å². The molecule has 0 saturated carbocycles. The van der Waals surface area contributed by atoms with Gasteiger partial charge in [0.2, 0.25) is 0 Å². The second-order valence-electron chi connectivity index (χ2n) is 9.36. The molecule has 1 aromatic heterocycles. The number of fused-ring (bicyclic) bond motifs is 1. The fraction of sp³-hybridized carbons (Fsp3) is 0.281. The van der Waals surface area contributed by atoms with E-state index in [1.165, 1.54) is 6.07 Å². The predicted molar refractivity (Wildman–Crippen MR) is 160 cm³/mol. The Bertz CT molecular complexity index is 1480. The highest BCUT2D eigenvalue weighted by atomic mass is 19.1. The molecule has 0 spiro atoms. The number of amidine groups is 1. The molecule has 0 bridgehead atoms. The van der Waals surface area contributed by atoms with E-state index >= 15 is 4.39 Å². The number of rotatable bonds is 6. The van der Waals surface area contributed by atoms with Crippen molar-refractivity contribution in [1.82, 2.24) is 20.1 Å². The SMILES string of the molecule is C=CCC1N=C(c2ccc(F)c3c(C(=C)C(=O)N4CCN(C(=O)c5ccccc5)CC4)c[nH]c23)N/C1=C/C.CC. The lowest BCUT2D eigenvalue weighted by molar-refractivity contribution is -0.126. The third-order valence-electron chi connectivity index (χ3n) is 7.11. The van der Waals surface area contributed by atoms with Gasteiger partial charge < -0.3 is 20.1 Å². The molecule has 2 amide bonds. The van der Waals surface area contributed by atoms with E-state index in [1.807, 2.05) is 51.1 Å². The molecule has 2 aliphatic heterocycles. The topological polar surface area (TPSA) is 80.8 Å². The summed E-state index contributed by atoms with van der Waals surface area (Å²) in [5.74, 6) is -0.136. The molecule has 2 aromatic carbocycles. The minimum Gasteiger partial charge on any atom is -0.360 e. The van der Waals surface area contributed by atoms with Crippen molar-refractivity contribution < 1.29 is 14.0 Å². The standard InChI is InChI=1S/C30H30FN5O2.C2H6/c1-4-9-25-24(5-2)33-28(34-25)21-12-13-23(31)26-22(18-32-27(21)26)19(3)29(37)35-14-16-36(17-15-35)30(38)20-10-7-6-8-11-20;1-2/h4-8,10-13,18,25,32H,1,3,9,14-17H2,2H3,(H,33,34);1-2H3/b24-5+;. The van der Waals surface area contributed by atoms with Gasteiger partial charge in [-0.15, -0.1) is 6.58 Å². The van der Waals surface area contributed by atoms with Gasteiger partial charge in [-0.05, 0) is 37.6 Å². The second kappa shape index (κ2) is 12.6. The summed E-state index contributed by atoms with van der Waals surface area (Å²) in [6, 6.07) is 12.1. The molecule has 40 heavy (non-hydrogen) atoms. The third kappa shape index (κ3) is 5.47. The van der Waals surface area contributed by atoms with Crippen molar-refractivity contribution in [3.63, 3.8) is 0 Å². The van der Waals surface area contributed by atoms with Crippen LogP contribution in [-0.4, -0.2) is 64.7 Å². The summed E-state index contributed by atoms with van der Waals surface area (Å²) in [4.78, 5) is 37.5. The summed E-state index contributed by atoms with van der Waals surface area (Å²) in [5, 5.41) is 3.64. The number of hydrogen-bond donors (Lipinski definition) is 2. The number of allylic oxidation sites excluding steroid dienone is 1. The molecular weight excluding hydrogens is 505 g/mol. The monoisotopic (exact) mass is 541 g/mol. The first-order chi connectivity index (χ1) is 19.4. The van der Waals surface area contributed by atoms with Crippen LogP contribution >= 0.6 is 0 Å². The van der Waals surface area contributed by atoms with E-state index < -0.39 is 5.82 Å². The van der Waals surface area contributed by atoms with Gasteiger partial charge in [-0.3, -0.25) is 14.6 Å². The van der Waals surface area contributed by atoms with Crippen LogP contribution in [0.5, 0.6) is 0 Å². The third-order valence-corrected chi connectivity index (χ3v) is 7.11. The number of piperazine rings is 1. The van der Waals surface area contributed by atoms with Gasteiger partial charge in [0.15, 0.2) is 0 Å². The normalized spacial score (nSPS) is 17.6. The molecule has 1 saturated heterocycles. The van der Waals surface area contributed by atoms with Crippen molar-refractivity contribution in [2.45, 2.75) is 33.2 Å². The number of aliphatic imine (C=N–C) groups is 1. The summed E-state index contributed by atoms with van der Waals surface area (Å²) >= 11 is 0. The maximum absolute atomic E-state index is 15.1. The lowest BCUT2D eigenvalue weighted by Crippen LogP contribution is -2.50. The highest BCUT2D eigenvalue weighted by molar-refractivity contribution is 6.23. The summed E-state index contributed by atoms with van der Waals surface area (Å²) in [6.45, 7) is 15.4. The number of nitrogens with zero attached hydrogens (tertiary/aromatic N) is 3. The van der Waals surface area contributed by atoms with Gasteiger partial charge in [-0.2, -0.15) is 0 Å². The highest BCUT2D eigenvalue weighted by Gasteiger charge is 2.29. The molecule has 7 nitrogen and oxygen atoms in total. The van der Waals surface area contributed by atoms with Gasteiger partial charge in [-0.25, -0.2) is 4.39 Å². The Kier molecular flexibility index (Phi) is 8.99. The number of hydrogen-bond acceptors (Lipinski definition) is 4. The minimum absolute atomic E-state index is 0.0532. The zero-order valence-electron chi connectivity index (χ0n) is 23.3. The lowest BCUT2D eigenvalue weighted by atomic mass is 10.0. The maximum Gasteiger partial charge on any atom is 0.254 e. The Morgan fingerprint density at radius 3 is 2.40 bits per heavy atom. The Labute approximate surface area is 234 Å². The highest BCUT2D eigenvalue weighted by Crippen LogP contribution is 2.32. The van der Waals surface area contributed by atoms with Gasteiger partial charge in [-0.1, -0.05) is 50.8 Å². The largest absolute Gasteiger partial charge is 0.360 e. The summed E-state index contributed by atoms with van der Waals surface area (Å²) in [5.41, 5.74) is 3.48. The molecule has 2 N–H and O–H groups in total. The molecule has 208 valence electrons. The van der Waals surface area contributed by atoms with Gasteiger partial charge in [0.1, 0.15) is 11.7 Å². The predicted octanol–water partition coefficient (Wildman–Crippen LogP) is 5.53. The fourth-order valence-electron chi connectivity index (χ4n) is 5.04. The number of carbonyl (C=O) groups is 2. The number of H-pyrrole nitrogens is 1. The Balaban J connectivity index is 0.00000181. The Hall–Kier alpha value is -4.46. The second-order valence-corrected chi connectivity index (χ2v) is 9.36. The van der Waals surface area contributed by atoms with Crippen LogP contribution in [0.25, 0.3) is 16.5 Å². The molecule has 1 atom stereocenters. The van der Waals surface area contributed by atoms with Crippen LogP contribution in [0.2, 0.25) is 0 Å². The van der Waals surface area contributed by atoms with Crippen molar-refractivity contribution in [3.8, 4) is 0 Å². The maximum atomic E-state index is 15.1. The molecule has 3 aromatic rings. The van der Waals surface area contributed by atoms with E-state index in [0.29, 0.717) is 66.0 Å². The zero-order valence-corrected chi connectivity index (χ0v) is 23.3. The summed E-state index contributed by atoms with van der Waals surface area (Å²) < 4.78 is 15.1. The van der Waals surface area contributed by atoms with E-state index in [1.54, 1.807) is 34.2 Å². The van der Waals surface area contributed by atoms with Gasteiger partial charge >= 0.3 is 0 Å². The Morgan fingerprint density at radius 1 is 1.07 bits per heavy atom. The molecule has 0 radical (unpaired) electrons. The van der Waals surface area contributed by atoms with Crippen molar-refractivity contribution in [2.75, 3.05) is 26.2 Å². The number of halogens is 1. The number of aromatic amines is 1. The van der Waals surface area contributed by atoms with Crippen LogP contribution in [0.15, 0.2) is 84.7 Å². The number of benzene rings is 2. The molecule has 2 aliphatic rings. The van der Waals surface area contributed by atoms with Crippen LogP contribution < -0.4 is 5.32 Å². The molecule has 1 unspecified atom stereocenters. The van der Waals surface area contributed by atoms with E-state index in [-0.39, 0.29) is 23.4 Å². The van der Waals surface area contributed by atoms with Crippen molar-refractivity contribution in [3.05, 3.63) is 102 Å². The van der Waals surface area contributed by atoms with E-state index in [2.05, 4.69) is 23.5 Å². The van der Waals surface area contributed by atoms with Crippen LogP contribution in [0.1, 0.15) is 48.7 Å². The van der Waals surface area contributed by atoms with Crippen LogP contribution in [-0.2, 0) is 4.79 Å². The number of nitrogens with one attached hydrogen (secondary N) is 2. The van der Waals surface area contributed by atoms with E-state index in [4.69, 9.17) is 4.99 Å². The average Bonchev–Trinajstić information content (AvgIpc) is 3.63. The number of carbonyl (C=O) groups excluding carboxylic acids is 2. The first kappa shape index (κ1) is 28.5. The Morgan fingerprint density at radius 2 is 1.75 bits per heavy atom. The summed E-state index contributed by atoms with van der Waals surface area (Å²) in [7, 11) is 0. The van der Waals surface area contributed by atoms with Crippen LogP contribution in [0.3, 0.4) is 0 Å². The van der Waals surface area contributed by atoms with Crippen LogP contribution in [0, 0.1) is 5.82 Å². The molecular formula is C32H36FN5O2. The van der Waals surface area contributed by atoms with Crippen molar-refractivity contribution in [2.24, 2.45) is 4.99 Å². The minimum atomic E-state index is -0.445. The van der Waals surface area contributed by atoms with Gasteiger partial charge in [0, 0.05) is 65.7 Å². The average molecular weight is 542 g/mol. The number of aromatic nitrogens is 1. The lowest BCUT2D eigenvalue weighted by Gasteiger charge is -2.35. The van der Waals surface area contributed by atoms with E-state index in [0.717, 1.165) is 5.70 Å². The van der Waals surface area contributed by atoms with Crippen LogP contribution in [0.4, 0.5) is 4.39 Å². The molecule has 8 heteroatoms. The molecule has 1 fully saturated rings. The smallest absolute Gasteiger partial charge is 0.254 e. The van der Waals surface area contributed by atoms with Gasteiger partial charge in [0.05, 0.1) is 11.6 Å². The fourth-order valence-corrected chi connectivity index (χ4v) is 5.04. The molecule has 0 aliphatic carbocycles. The van der Waals surface area contributed by atoms with Crippen molar-refractivity contribution in [1.29, 1.82) is 0 Å². The first-order valence-corrected chi connectivity index (χ1v) is 13.7. The summed E-state index contributed by atoms with van der Waals surface area (Å²) in [6.07, 6.45) is 6.10. The zero-order chi connectivity index (χ0) is 28.8.